The summed E-state index contributed by atoms with van der Waals surface area (Å²) in [4.78, 5) is 17.1. The second-order valence-electron chi connectivity index (χ2n) is 6.27. The first-order valence-electron chi connectivity index (χ1n) is 8.01. The van der Waals surface area contributed by atoms with E-state index in [2.05, 4.69) is 10.3 Å². The van der Waals surface area contributed by atoms with Gasteiger partial charge in [0.2, 0.25) is 0 Å². The zero-order valence-corrected chi connectivity index (χ0v) is 13.9. The Morgan fingerprint density at radius 3 is 3.13 bits per heavy atom. The summed E-state index contributed by atoms with van der Waals surface area (Å²) in [5, 5.41) is 14.6. The van der Waals surface area contributed by atoms with Crippen LogP contribution in [0.2, 0.25) is 5.02 Å². The number of hydrogen-bond acceptors (Lipinski definition) is 2. The van der Waals surface area contributed by atoms with Crippen LogP contribution in [-0.4, -0.2) is 46.8 Å². The van der Waals surface area contributed by atoms with Gasteiger partial charge in [0.05, 0.1) is 6.10 Å². The molecule has 2 heterocycles. The summed E-state index contributed by atoms with van der Waals surface area (Å²) in [5.74, 6) is 0.259. The number of aromatic nitrogens is 1. The summed E-state index contributed by atoms with van der Waals surface area (Å²) in [5.41, 5.74) is 2.18. The molecule has 124 valence electrons. The highest BCUT2D eigenvalue weighted by Gasteiger charge is 2.26. The van der Waals surface area contributed by atoms with Gasteiger partial charge in [-0.15, -0.1) is 0 Å². The van der Waals surface area contributed by atoms with Crippen molar-refractivity contribution in [3.8, 4) is 0 Å². The van der Waals surface area contributed by atoms with Crippen LogP contribution in [-0.2, 0) is 6.42 Å². The molecule has 3 rings (SSSR count). The maximum absolute atomic E-state index is 12.2. The van der Waals surface area contributed by atoms with Crippen molar-refractivity contribution in [3.05, 3.63) is 35.0 Å². The van der Waals surface area contributed by atoms with Gasteiger partial charge >= 0.3 is 6.03 Å². The lowest BCUT2D eigenvalue weighted by molar-refractivity contribution is 0.0436. The van der Waals surface area contributed by atoms with Crippen molar-refractivity contribution in [1.82, 2.24) is 15.2 Å². The number of H-pyrrole nitrogens is 1. The molecule has 2 unspecified atom stereocenters. The molecular weight excluding hydrogens is 314 g/mol. The summed E-state index contributed by atoms with van der Waals surface area (Å²) < 4.78 is 0. The molecule has 0 bridgehead atoms. The molecule has 3 N–H and O–H groups in total. The largest absolute Gasteiger partial charge is 0.391 e. The highest BCUT2D eigenvalue weighted by molar-refractivity contribution is 6.31. The number of aromatic amines is 1. The number of amides is 2. The second-order valence-corrected chi connectivity index (χ2v) is 6.70. The van der Waals surface area contributed by atoms with E-state index >= 15 is 0 Å². The maximum atomic E-state index is 12.2. The Morgan fingerprint density at radius 2 is 2.35 bits per heavy atom. The van der Waals surface area contributed by atoms with Crippen LogP contribution in [0, 0.1) is 5.92 Å². The summed E-state index contributed by atoms with van der Waals surface area (Å²) in [7, 11) is 0. The number of carbonyl (C=O) groups excluding carboxylic acids is 1. The van der Waals surface area contributed by atoms with Crippen LogP contribution in [0.3, 0.4) is 0 Å². The number of halogens is 1. The third kappa shape index (κ3) is 3.62. The van der Waals surface area contributed by atoms with Crippen molar-refractivity contribution in [2.75, 3.05) is 19.6 Å². The van der Waals surface area contributed by atoms with Gasteiger partial charge in [-0.1, -0.05) is 18.5 Å². The number of nitrogens with one attached hydrogen (secondary N) is 2. The zero-order chi connectivity index (χ0) is 16.4. The highest BCUT2D eigenvalue weighted by atomic mass is 35.5. The van der Waals surface area contributed by atoms with E-state index in [9.17, 15) is 9.90 Å². The quantitative estimate of drug-likeness (QED) is 0.807. The molecule has 0 radical (unpaired) electrons. The number of aliphatic hydroxyl groups excluding tert-OH is 1. The molecule has 1 aliphatic rings. The lowest BCUT2D eigenvalue weighted by Gasteiger charge is -2.34. The SMILES string of the molecule is CC1CCN(C(=O)NCCc2c[nH]c3ccc(Cl)cc23)CC1O. The Morgan fingerprint density at radius 1 is 1.52 bits per heavy atom. The topological polar surface area (TPSA) is 68.4 Å². The lowest BCUT2D eigenvalue weighted by Crippen LogP contribution is -2.49. The molecular formula is C17H22ClN3O2. The number of rotatable bonds is 3. The molecule has 0 aliphatic carbocycles. The van der Waals surface area contributed by atoms with Gasteiger partial charge < -0.3 is 20.3 Å². The average molecular weight is 336 g/mol. The predicted molar refractivity (Wildman–Crippen MR) is 91.8 cm³/mol. The third-order valence-electron chi connectivity index (χ3n) is 4.61. The second kappa shape index (κ2) is 6.81. The fourth-order valence-electron chi connectivity index (χ4n) is 3.01. The minimum atomic E-state index is -0.426. The summed E-state index contributed by atoms with van der Waals surface area (Å²) in [6.07, 6.45) is 3.11. The average Bonchev–Trinajstić information content (AvgIpc) is 2.92. The number of carbonyl (C=O) groups is 1. The molecule has 1 fully saturated rings. The van der Waals surface area contributed by atoms with Crippen molar-refractivity contribution in [2.45, 2.75) is 25.9 Å². The number of urea groups is 1. The van der Waals surface area contributed by atoms with Crippen molar-refractivity contribution in [1.29, 1.82) is 0 Å². The Labute approximate surface area is 140 Å². The van der Waals surface area contributed by atoms with Gasteiger partial charge in [-0.3, -0.25) is 0 Å². The van der Waals surface area contributed by atoms with Crippen LogP contribution in [0.25, 0.3) is 10.9 Å². The van der Waals surface area contributed by atoms with E-state index in [0.717, 1.165) is 29.3 Å². The number of hydrogen-bond donors (Lipinski definition) is 3. The molecule has 2 atom stereocenters. The van der Waals surface area contributed by atoms with Crippen molar-refractivity contribution >= 4 is 28.5 Å². The number of nitrogens with zero attached hydrogens (tertiary/aromatic N) is 1. The monoisotopic (exact) mass is 335 g/mol. The summed E-state index contributed by atoms with van der Waals surface area (Å²) in [6.45, 7) is 3.69. The van der Waals surface area contributed by atoms with Crippen LogP contribution >= 0.6 is 11.6 Å². The number of fused-ring (bicyclic) bond motifs is 1. The van der Waals surface area contributed by atoms with E-state index in [1.807, 2.05) is 31.3 Å². The molecule has 2 aromatic rings. The van der Waals surface area contributed by atoms with Crippen LogP contribution < -0.4 is 5.32 Å². The molecule has 1 aromatic carbocycles. The fraction of sp³-hybridized carbons (Fsp3) is 0.471. The zero-order valence-electron chi connectivity index (χ0n) is 13.2. The Balaban J connectivity index is 1.54. The molecule has 0 spiro atoms. The van der Waals surface area contributed by atoms with Crippen molar-refractivity contribution in [2.24, 2.45) is 5.92 Å². The molecule has 5 nitrogen and oxygen atoms in total. The standard InChI is InChI=1S/C17H22ClN3O2/c1-11-5-7-21(10-16(11)22)17(23)19-6-4-12-9-20-15-3-2-13(18)8-14(12)15/h2-3,8-9,11,16,20,22H,4-7,10H2,1H3,(H,19,23). The number of benzene rings is 1. The number of aliphatic hydroxyl groups is 1. The summed E-state index contributed by atoms with van der Waals surface area (Å²) >= 11 is 6.05. The smallest absolute Gasteiger partial charge is 0.317 e. The number of piperidine rings is 1. The van der Waals surface area contributed by atoms with Gasteiger partial charge in [-0.2, -0.15) is 0 Å². The minimum absolute atomic E-state index is 0.103. The molecule has 2 amide bonds. The Kier molecular flexibility index (Phi) is 4.78. The Bertz CT molecular complexity index is 700. The molecule has 1 aliphatic heterocycles. The van der Waals surface area contributed by atoms with Crippen LogP contribution in [0.4, 0.5) is 4.79 Å². The van der Waals surface area contributed by atoms with E-state index in [4.69, 9.17) is 11.6 Å². The first kappa shape index (κ1) is 16.1. The van der Waals surface area contributed by atoms with E-state index < -0.39 is 6.10 Å². The van der Waals surface area contributed by atoms with Gasteiger partial charge in [0, 0.05) is 41.8 Å². The van der Waals surface area contributed by atoms with Gasteiger partial charge in [-0.05, 0) is 42.5 Å². The highest BCUT2D eigenvalue weighted by Crippen LogP contribution is 2.22. The number of likely N-dealkylation sites (tertiary alicyclic amines) is 1. The van der Waals surface area contributed by atoms with Gasteiger partial charge in [0.25, 0.3) is 0 Å². The molecule has 1 saturated heterocycles. The van der Waals surface area contributed by atoms with Crippen LogP contribution in [0.5, 0.6) is 0 Å². The van der Waals surface area contributed by atoms with Gasteiger partial charge in [0.15, 0.2) is 0 Å². The summed E-state index contributed by atoms with van der Waals surface area (Å²) in [6, 6.07) is 5.64. The van der Waals surface area contributed by atoms with Crippen molar-refractivity contribution in [3.63, 3.8) is 0 Å². The van der Waals surface area contributed by atoms with Gasteiger partial charge in [-0.25, -0.2) is 4.79 Å². The van der Waals surface area contributed by atoms with Gasteiger partial charge in [0.1, 0.15) is 0 Å². The van der Waals surface area contributed by atoms with E-state index in [1.165, 1.54) is 0 Å². The predicted octanol–water partition coefficient (Wildman–Crippen LogP) is 2.78. The van der Waals surface area contributed by atoms with Crippen LogP contribution in [0.1, 0.15) is 18.9 Å². The van der Waals surface area contributed by atoms with E-state index in [0.29, 0.717) is 24.7 Å². The minimum Gasteiger partial charge on any atom is -0.391 e. The van der Waals surface area contributed by atoms with E-state index in [-0.39, 0.29) is 11.9 Å². The maximum Gasteiger partial charge on any atom is 0.317 e. The first-order chi connectivity index (χ1) is 11.0. The van der Waals surface area contributed by atoms with Crippen LogP contribution in [0.15, 0.2) is 24.4 Å². The lowest BCUT2D eigenvalue weighted by atomic mass is 9.96. The molecule has 23 heavy (non-hydrogen) atoms. The third-order valence-corrected chi connectivity index (χ3v) is 4.84. The molecule has 1 aromatic heterocycles. The normalized spacial score (nSPS) is 21.6. The number of β-amino-alcohol motifs (C(OH)–C–C–N with tert-alkyl or cyclic N) is 1. The first-order valence-corrected chi connectivity index (χ1v) is 8.39. The Hall–Kier alpha value is -1.72. The molecule has 0 saturated carbocycles. The van der Waals surface area contributed by atoms with Crippen molar-refractivity contribution < 1.29 is 9.90 Å². The molecule has 6 heteroatoms. The fourth-order valence-corrected chi connectivity index (χ4v) is 3.18. The van der Waals surface area contributed by atoms with E-state index in [1.54, 1.807) is 4.90 Å².